The third kappa shape index (κ3) is 9.79. The highest BCUT2D eigenvalue weighted by atomic mass is 16.4. The van der Waals surface area contributed by atoms with Crippen molar-refractivity contribution in [2.75, 3.05) is 20.6 Å². The summed E-state index contributed by atoms with van der Waals surface area (Å²) < 4.78 is 0. The van der Waals surface area contributed by atoms with E-state index in [1.165, 1.54) is 56.8 Å². The number of nitrogens with zero attached hydrogens (tertiary/aromatic N) is 1. The lowest BCUT2D eigenvalue weighted by Crippen LogP contribution is -2.56. The first-order chi connectivity index (χ1) is 26.1. The maximum absolute atomic E-state index is 13.3. The van der Waals surface area contributed by atoms with Gasteiger partial charge in [0.2, 0.25) is 17.7 Å². The van der Waals surface area contributed by atoms with Crippen LogP contribution in [0.4, 0.5) is 0 Å². The Morgan fingerprint density at radius 1 is 0.945 bits per heavy atom. The van der Waals surface area contributed by atoms with Crippen LogP contribution in [0.25, 0.3) is 0 Å². The van der Waals surface area contributed by atoms with Crippen molar-refractivity contribution in [2.45, 2.75) is 148 Å². The molecule has 0 bridgehead atoms. The van der Waals surface area contributed by atoms with Gasteiger partial charge >= 0.3 is 7.12 Å². The molecule has 0 aromatic heterocycles. The zero-order chi connectivity index (χ0) is 40.1. The lowest BCUT2D eigenvalue weighted by Gasteiger charge is -2.61. The minimum atomic E-state index is -1.69. The van der Waals surface area contributed by atoms with Gasteiger partial charge in [0.15, 0.2) is 0 Å². The Morgan fingerprint density at radius 3 is 2.36 bits per heavy atom. The van der Waals surface area contributed by atoms with Crippen LogP contribution in [0.1, 0.15) is 123 Å². The number of rotatable bonds is 17. The molecule has 5 rings (SSSR count). The van der Waals surface area contributed by atoms with Gasteiger partial charge in [0, 0.05) is 26.6 Å². The maximum Gasteiger partial charge on any atom is 0.488 e. The number of likely N-dealkylation sites (N-methyl/N-ethyl adjacent to an activating group) is 2. The molecule has 4 aliphatic carbocycles. The molecule has 4 aliphatic rings. The van der Waals surface area contributed by atoms with Gasteiger partial charge in [-0.25, -0.2) is 0 Å². The molecule has 12 atom stereocenters. The predicted octanol–water partition coefficient (Wildman–Crippen LogP) is 3.50. The van der Waals surface area contributed by atoms with Gasteiger partial charge < -0.3 is 41.1 Å². The van der Waals surface area contributed by atoms with Crippen LogP contribution in [-0.2, 0) is 20.9 Å². The van der Waals surface area contributed by atoms with Gasteiger partial charge in [-0.3, -0.25) is 14.4 Å². The average Bonchev–Trinajstić information content (AvgIpc) is 3.51. The molecule has 0 aliphatic heterocycles. The van der Waals surface area contributed by atoms with Crippen molar-refractivity contribution in [3.8, 4) is 0 Å². The second kappa shape index (κ2) is 18.8. The molecule has 11 nitrogen and oxygen atoms in total. The molecule has 308 valence electrons. The van der Waals surface area contributed by atoms with E-state index in [0.717, 1.165) is 37.0 Å². The Bertz CT molecular complexity index is 1460. The molecule has 8 unspecified atom stereocenters. The number of fused-ring (bicyclic) bond motifs is 5. The lowest BCUT2D eigenvalue weighted by atomic mass is 9.44. The number of carbonyl (C=O) groups is 3. The highest BCUT2D eigenvalue weighted by Gasteiger charge is 2.60. The van der Waals surface area contributed by atoms with Crippen LogP contribution in [0, 0.1) is 46.3 Å². The zero-order valence-electron chi connectivity index (χ0n) is 34.4. The van der Waals surface area contributed by atoms with Crippen molar-refractivity contribution in [2.24, 2.45) is 46.3 Å². The van der Waals surface area contributed by atoms with Gasteiger partial charge in [-0.15, -0.1) is 0 Å². The topological polar surface area (TPSA) is 171 Å². The largest absolute Gasteiger partial charge is 0.488 e. The van der Waals surface area contributed by atoms with E-state index in [1.807, 2.05) is 0 Å². The maximum atomic E-state index is 13.3. The fraction of sp³-hybridized carbons (Fsp3) is 0.791. The fourth-order valence-corrected chi connectivity index (χ4v) is 12.1. The van der Waals surface area contributed by atoms with Crippen molar-refractivity contribution >= 4 is 30.3 Å². The molecule has 1 aromatic carbocycles. The number of aliphatic hydroxyl groups is 2. The van der Waals surface area contributed by atoms with Gasteiger partial charge in [-0.1, -0.05) is 45.0 Å². The molecule has 0 heterocycles. The highest BCUT2D eigenvalue weighted by molar-refractivity contribution is 6.59. The first-order valence-electron chi connectivity index (χ1n) is 21.4. The average molecular weight is 767 g/mol. The summed E-state index contributed by atoms with van der Waals surface area (Å²) in [7, 11) is 1.54. The third-order valence-electron chi connectivity index (χ3n) is 15.3. The van der Waals surface area contributed by atoms with Gasteiger partial charge in [-0.05, 0) is 155 Å². The van der Waals surface area contributed by atoms with Crippen molar-refractivity contribution in [1.29, 1.82) is 0 Å². The van der Waals surface area contributed by atoms with Crippen molar-refractivity contribution in [1.82, 2.24) is 20.9 Å². The molecule has 4 fully saturated rings. The molecule has 7 N–H and O–H groups in total. The molecule has 12 heteroatoms. The summed E-state index contributed by atoms with van der Waals surface area (Å²) in [5.41, 5.74) is 1.59. The molecule has 0 radical (unpaired) electrons. The van der Waals surface area contributed by atoms with Crippen LogP contribution in [0.15, 0.2) is 24.3 Å². The van der Waals surface area contributed by atoms with Gasteiger partial charge in [0.1, 0.15) is 6.04 Å². The number of unbranched alkanes of at least 4 members (excludes halogenated alkanes) is 1. The van der Waals surface area contributed by atoms with Gasteiger partial charge in [0.25, 0.3) is 0 Å². The van der Waals surface area contributed by atoms with E-state index in [1.54, 1.807) is 38.4 Å². The molecular weight excluding hydrogens is 695 g/mol. The van der Waals surface area contributed by atoms with E-state index in [9.17, 15) is 34.6 Å². The van der Waals surface area contributed by atoms with E-state index < -0.39 is 37.1 Å². The third-order valence-corrected chi connectivity index (χ3v) is 15.3. The number of carbonyl (C=O) groups excluding carboxylic acids is 3. The Labute approximate surface area is 330 Å². The Balaban J connectivity index is 1.02. The van der Waals surface area contributed by atoms with E-state index in [4.69, 9.17) is 0 Å². The smallest absolute Gasteiger partial charge is 0.423 e. The van der Waals surface area contributed by atoms with E-state index >= 15 is 0 Å². The normalized spacial score (nSPS) is 32.2. The number of nitrogens with one attached hydrogen (secondary N) is 3. The van der Waals surface area contributed by atoms with Crippen molar-refractivity contribution in [3.63, 3.8) is 0 Å². The van der Waals surface area contributed by atoms with Crippen LogP contribution < -0.4 is 21.4 Å². The van der Waals surface area contributed by atoms with Gasteiger partial charge in [0.05, 0.1) is 18.2 Å². The minimum absolute atomic E-state index is 0.0699. The molecule has 1 aromatic rings. The summed E-state index contributed by atoms with van der Waals surface area (Å²) in [4.78, 5) is 40.8. The summed E-state index contributed by atoms with van der Waals surface area (Å²) in [6.07, 6.45) is 13.1. The number of benzene rings is 1. The predicted molar refractivity (Wildman–Crippen MR) is 216 cm³/mol. The van der Waals surface area contributed by atoms with Crippen LogP contribution >= 0.6 is 0 Å². The number of aliphatic hydroxyl groups excluding tert-OH is 2. The molecule has 0 spiro atoms. The van der Waals surface area contributed by atoms with E-state index in [-0.39, 0.29) is 24.0 Å². The molecule has 55 heavy (non-hydrogen) atoms. The Kier molecular flexibility index (Phi) is 14.9. The lowest BCUT2D eigenvalue weighted by molar-refractivity contribution is -0.139. The number of hydrogen-bond donors (Lipinski definition) is 7. The fourth-order valence-electron chi connectivity index (χ4n) is 12.1. The Morgan fingerprint density at radius 2 is 1.65 bits per heavy atom. The SMILES string of the molecule is CNC(CCCCNC(=O)CCC(C)C1CCC2C3CC[C@H]4C[C@@H](O)CC[C@@]4(C)C3CC[C@@]12C)C(=O)NC(C(=O)N(C)Cc1ccccc1B(O)O)C(C)O. The minimum Gasteiger partial charge on any atom is -0.423 e. The van der Waals surface area contributed by atoms with E-state index in [0.29, 0.717) is 66.4 Å². The van der Waals surface area contributed by atoms with Crippen LogP contribution in [0.3, 0.4) is 0 Å². The Hall–Kier alpha value is -2.51. The van der Waals surface area contributed by atoms with Crippen LogP contribution in [0.2, 0.25) is 0 Å². The molecule has 3 amide bonds. The van der Waals surface area contributed by atoms with Crippen LogP contribution in [-0.4, -0.2) is 94.9 Å². The monoisotopic (exact) mass is 767 g/mol. The molecule has 4 saturated carbocycles. The zero-order valence-corrected chi connectivity index (χ0v) is 34.4. The van der Waals surface area contributed by atoms with Gasteiger partial charge in [-0.2, -0.15) is 0 Å². The summed E-state index contributed by atoms with van der Waals surface area (Å²) in [6.45, 7) is 9.57. The highest BCUT2D eigenvalue weighted by Crippen LogP contribution is 2.68. The quantitative estimate of drug-likeness (QED) is 0.0934. The molecule has 0 saturated heterocycles. The first-order valence-corrected chi connectivity index (χ1v) is 21.4. The summed E-state index contributed by atoms with van der Waals surface area (Å²) in [5.74, 6) is 3.45. The van der Waals surface area contributed by atoms with Crippen molar-refractivity contribution < 1.29 is 34.6 Å². The standard InChI is InChI=1S/C43H71BN4O7/c1-27(33-17-18-34-32-16-15-30-25-31(50)20-22-42(30,3)35(32)21-23-43(33,34)4)14-19-38(51)46-24-10-9-13-37(45-5)40(52)47-39(28(2)49)41(53)48(6)26-29-11-7-8-12-36(29)44(54)55/h7-8,11-12,27-28,30-35,37,39,45,49-50,54-55H,9-10,13-26H2,1-6H3,(H,46,51)(H,47,52)/t27?,28?,30-,31-,32?,33?,34?,35?,37?,39?,42+,43-/m0/s1. The van der Waals surface area contributed by atoms with Crippen LogP contribution in [0.5, 0.6) is 0 Å². The number of amides is 3. The molecular formula is C43H71BN4O7. The second-order valence-electron chi connectivity index (χ2n) is 18.5. The number of hydrogen-bond acceptors (Lipinski definition) is 8. The summed E-state index contributed by atoms with van der Waals surface area (Å²) >= 11 is 0. The van der Waals surface area contributed by atoms with E-state index in [2.05, 4.69) is 36.7 Å². The summed E-state index contributed by atoms with van der Waals surface area (Å²) in [5, 5.41) is 49.0. The summed E-state index contributed by atoms with van der Waals surface area (Å²) in [6, 6.07) is 4.92. The second-order valence-corrected chi connectivity index (χ2v) is 18.5. The van der Waals surface area contributed by atoms with Crippen molar-refractivity contribution in [3.05, 3.63) is 29.8 Å². The first kappa shape index (κ1) is 43.6.